The van der Waals surface area contributed by atoms with Gasteiger partial charge in [0.2, 0.25) is 5.91 Å². The lowest BCUT2D eigenvalue weighted by molar-refractivity contribution is -0.127. The Hall–Kier alpha value is -2.12. The van der Waals surface area contributed by atoms with Gasteiger partial charge in [0, 0.05) is 13.2 Å². The molecule has 2 fully saturated rings. The highest BCUT2D eigenvalue weighted by molar-refractivity contribution is 6.10. The van der Waals surface area contributed by atoms with Gasteiger partial charge in [0.1, 0.15) is 12.1 Å². The van der Waals surface area contributed by atoms with Crippen molar-refractivity contribution in [1.29, 1.82) is 0 Å². The number of carbonyl (C=O) groups excluding carboxylic acids is 2. The molecule has 7 heteroatoms. The third kappa shape index (κ3) is 3.29. The molecule has 0 bridgehead atoms. The SMILES string of the molecule is O=C(CN1C(=O)C2(CCNCC2)Nc2ccccc21)NCC1CCCO1. The number of para-hydroxylation sites is 2. The molecular weight excluding hydrogens is 332 g/mol. The molecule has 3 aliphatic heterocycles. The third-order valence-corrected chi connectivity index (χ3v) is 5.53. The second-order valence-electron chi connectivity index (χ2n) is 7.30. The first-order chi connectivity index (χ1) is 12.7. The van der Waals surface area contributed by atoms with E-state index in [1.165, 1.54) is 0 Å². The smallest absolute Gasteiger partial charge is 0.253 e. The average Bonchev–Trinajstić information content (AvgIpc) is 3.18. The molecule has 1 aromatic rings. The lowest BCUT2D eigenvalue weighted by Gasteiger charge is -2.45. The zero-order valence-electron chi connectivity index (χ0n) is 14.9. The molecule has 2 saturated heterocycles. The van der Waals surface area contributed by atoms with E-state index in [4.69, 9.17) is 4.74 Å². The van der Waals surface area contributed by atoms with Crippen LogP contribution in [0.3, 0.4) is 0 Å². The van der Waals surface area contributed by atoms with Gasteiger partial charge in [0.05, 0.1) is 17.5 Å². The van der Waals surface area contributed by atoms with Crippen molar-refractivity contribution in [1.82, 2.24) is 10.6 Å². The second kappa shape index (κ2) is 7.25. The van der Waals surface area contributed by atoms with E-state index in [2.05, 4.69) is 16.0 Å². The number of nitrogens with zero attached hydrogens (tertiary/aromatic N) is 1. The number of benzene rings is 1. The molecule has 1 spiro atoms. The molecular formula is C19H26N4O3. The molecule has 0 radical (unpaired) electrons. The van der Waals surface area contributed by atoms with Crippen molar-refractivity contribution in [3.8, 4) is 0 Å². The molecule has 0 saturated carbocycles. The van der Waals surface area contributed by atoms with Crippen molar-refractivity contribution in [2.75, 3.05) is 43.0 Å². The van der Waals surface area contributed by atoms with Gasteiger partial charge < -0.3 is 20.7 Å². The molecule has 1 aromatic carbocycles. The Morgan fingerprint density at radius 3 is 2.88 bits per heavy atom. The van der Waals surface area contributed by atoms with E-state index in [0.717, 1.165) is 43.9 Å². The maximum absolute atomic E-state index is 13.3. The van der Waals surface area contributed by atoms with Crippen LogP contribution in [-0.2, 0) is 14.3 Å². The molecule has 3 aliphatic rings. The minimum Gasteiger partial charge on any atom is -0.376 e. The Balaban J connectivity index is 1.51. The van der Waals surface area contributed by atoms with Gasteiger partial charge in [-0.1, -0.05) is 12.1 Å². The van der Waals surface area contributed by atoms with Crippen LogP contribution in [0.15, 0.2) is 24.3 Å². The normalized spacial score (nSPS) is 24.2. The summed E-state index contributed by atoms with van der Waals surface area (Å²) in [6.07, 6.45) is 3.55. The molecule has 4 rings (SSSR count). The van der Waals surface area contributed by atoms with Crippen molar-refractivity contribution in [2.45, 2.75) is 37.3 Å². The summed E-state index contributed by atoms with van der Waals surface area (Å²) in [6.45, 7) is 2.90. The predicted octanol–water partition coefficient (Wildman–Crippen LogP) is 0.863. The fraction of sp³-hybridized carbons (Fsp3) is 0.579. The van der Waals surface area contributed by atoms with Gasteiger partial charge in [-0.2, -0.15) is 0 Å². The number of nitrogens with one attached hydrogen (secondary N) is 3. The summed E-state index contributed by atoms with van der Waals surface area (Å²) in [5, 5.41) is 9.69. The number of hydrogen-bond donors (Lipinski definition) is 3. The Morgan fingerprint density at radius 2 is 2.12 bits per heavy atom. The monoisotopic (exact) mass is 358 g/mol. The Bertz CT molecular complexity index is 681. The van der Waals surface area contributed by atoms with Crippen molar-refractivity contribution < 1.29 is 14.3 Å². The van der Waals surface area contributed by atoms with E-state index in [1.807, 2.05) is 24.3 Å². The van der Waals surface area contributed by atoms with Crippen LogP contribution in [0.1, 0.15) is 25.7 Å². The molecule has 1 atom stereocenters. The molecule has 3 heterocycles. The Morgan fingerprint density at radius 1 is 1.31 bits per heavy atom. The lowest BCUT2D eigenvalue weighted by Crippen LogP contribution is -2.62. The van der Waals surface area contributed by atoms with E-state index >= 15 is 0 Å². The van der Waals surface area contributed by atoms with E-state index in [-0.39, 0.29) is 24.5 Å². The highest BCUT2D eigenvalue weighted by Crippen LogP contribution is 2.38. The Labute approximate surface area is 153 Å². The van der Waals surface area contributed by atoms with Crippen LogP contribution in [-0.4, -0.2) is 56.2 Å². The van der Waals surface area contributed by atoms with Gasteiger partial charge in [0.15, 0.2) is 0 Å². The second-order valence-corrected chi connectivity index (χ2v) is 7.30. The largest absolute Gasteiger partial charge is 0.376 e. The number of hydrogen-bond acceptors (Lipinski definition) is 5. The number of anilines is 2. The zero-order chi connectivity index (χ0) is 18.0. The van der Waals surface area contributed by atoms with Crippen molar-refractivity contribution in [3.05, 3.63) is 24.3 Å². The molecule has 2 amide bonds. The standard InChI is InChI=1S/C19H26N4O3/c24-17(21-12-14-4-3-11-26-14)13-23-16-6-2-1-5-15(16)22-19(18(23)25)7-9-20-10-8-19/h1-2,5-6,14,20,22H,3-4,7-13H2,(H,21,24). The first kappa shape index (κ1) is 17.3. The summed E-state index contributed by atoms with van der Waals surface area (Å²) in [5.41, 5.74) is 1.07. The van der Waals surface area contributed by atoms with Crippen molar-refractivity contribution >= 4 is 23.2 Å². The minimum atomic E-state index is -0.617. The third-order valence-electron chi connectivity index (χ3n) is 5.53. The van der Waals surface area contributed by atoms with Crippen LogP contribution < -0.4 is 20.9 Å². The number of piperidine rings is 1. The average molecular weight is 358 g/mol. The van der Waals surface area contributed by atoms with Gasteiger partial charge >= 0.3 is 0 Å². The van der Waals surface area contributed by atoms with Crippen LogP contribution in [0.25, 0.3) is 0 Å². The molecule has 140 valence electrons. The first-order valence-corrected chi connectivity index (χ1v) is 9.46. The van der Waals surface area contributed by atoms with Gasteiger partial charge in [0.25, 0.3) is 5.91 Å². The van der Waals surface area contributed by atoms with E-state index in [0.29, 0.717) is 19.4 Å². The van der Waals surface area contributed by atoms with Gasteiger partial charge in [-0.05, 0) is 50.9 Å². The van der Waals surface area contributed by atoms with E-state index in [9.17, 15) is 9.59 Å². The van der Waals surface area contributed by atoms with Gasteiger partial charge in [-0.15, -0.1) is 0 Å². The van der Waals surface area contributed by atoms with E-state index < -0.39 is 5.54 Å². The summed E-state index contributed by atoms with van der Waals surface area (Å²) in [4.78, 5) is 27.4. The van der Waals surface area contributed by atoms with Crippen molar-refractivity contribution in [2.24, 2.45) is 0 Å². The summed E-state index contributed by atoms with van der Waals surface area (Å²) < 4.78 is 5.55. The molecule has 1 unspecified atom stereocenters. The fourth-order valence-corrected chi connectivity index (χ4v) is 4.08. The van der Waals surface area contributed by atoms with Gasteiger partial charge in [-0.25, -0.2) is 0 Å². The number of amides is 2. The van der Waals surface area contributed by atoms with Gasteiger partial charge in [-0.3, -0.25) is 14.5 Å². The number of ether oxygens (including phenoxy) is 1. The highest BCUT2D eigenvalue weighted by Gasteiger charge is 2.46. The van der Waals surface area contributed by atoms with Crippen LogP contribution in [0.4, 0.5) is 11.4 Å². The van der Waals surface area contributed by atoms with Crippen LogP contribution in [0, 0.1) is 0 Å². The number of carbonyl (C=O) groups is 2. The quantitative estimate of drug-likeness (QED) is 0.744. The zero-order valence-corrected chi connectivity index (χ0v) is 14.9. The summed E-state index contributed by atoms with van der Waals surface area (Å²) in [6, 6.07) is 7.71. The maximum atomic E-state index is 13.3. The summed E-state index contributed by atoms with van der Waals surface area (Å²) in [5.74, 6) is -0.153. The minimum absolute atomic E-state index is 0.00929. The number of rotatable bonds is 4. The van der Waals surface area contributed by atoms with Crippen LogP contribution in [0.5, 0.6) is 0 Å². The molecule has 26 heavy (non-hydrogen) atoms. The predicted molar refractivity (Wildman–Crippen MR) is 99.2 cm³/mol. The Kier molecular flexibility index (Phi) is 4.82. The topological polar surface area (TPSA) is 82.7 Å². The lowest BCUT2D eigenvalue weighted by atomic mass is 9.84. The summed E-state index contributed by atoms with van der Waals surface area (Å²) in [7, 11) is 0. The maximum Gasteiger partial charge on any atom is 0.253 e. The number of fused-ring (bicyclic) bond motifs is 1. The fourth-order valence-electron chi connectivity index (χ4n) is 4.08. The van der Waals surface area contributed by atoms with Crippen molar-refractivity contribution in [3.63, 3.8) is 0 Å². The summed E-state index contributed by atoms with van der Waals surface area (Å²) >= 11 is 0. The van der Waals surface area contributed by atoms with E-state index in [1.54, 1.807) is 4.90 Å². The molecule has 3 N–H and O–H groups in total. The molecule has 7 nitrogen and oxygen atoms in total. The molecule has 0 aliphatic carbocycles. The van der Waals surface area contributed by atoms with Crippen LogP contribution >= 0.6 is 0 Å². The highest BCUT2D eigenvalue weighted by atomic mass is 16.5. The molecule has 0 aromatic heterocycles. The first-order valence-electron chi connectivity index (χ1n) is 9.46. The van der Waals surface area contributed by atoms with Crippen LogP contribution in [0.2, 0.25) is 0 Å².